The molecule has 1 aliphatic rings. The number of rotatable bonds is 5. The monoisotopic (exact) mass is 358 g/mol. The van der Waals surface area contributed by atoms with Crippen LogP contribution in [-0.2, 0) is 6.54 Å². The third kappa shape index (κ3) is 2.99. The van der Waals surface area contributed by atoms with E-state index in [0.717, 1.165) is 35.6 Å². The van der Waals surface area contributed by atoms with Crippen LogP contribution in [0.25, 0.3) is 5.65 Å². The predicted molar refractivity (Wildman–Crippen MR) is 101 cm³/mol. The van der Waals surface area contributed by atoms with E-state index >= 15 is 0 Å². The first kappa shape index (κ1) is 15.8. The summed E-state index contributed by atoms with van der Waals surface area (Å²) >= 11 is 0. The first-order valence-corrected chi connectivity index (χ1v) is 9.04. The highest BCUT2D eigenvalue weighted by Gasteiger charge is 2.30. The first-order chi connectivity index (χ1) is 13.3. The maximum atomic E-state index is 13.2. The molecule has 1 amide bonds. The van der Waals surface area contributed by atoms with Crippen molar-refractivity contribution in [3.63, 3.8) is 0 Å². The number of para-hydroxylation sites is 1. The van der Waals surface area contributed by atoms with Crippen molar-refractivity contribution in [1.82, 2.24) is 14.5 Å². The van der Waals surface area contributed by atoms with Crippen LogP contribution in [0, 0.1) is 0 Å². The maximum absolute atomic E-state index is 13.2. The van der Waals surface area contributed by atoms with Crippen molar-refractivity contribution >= 4 is 17.2 Å². The van der Waals surface area contributed by atoms with Gasteiger partial charge in [-0.2, -0.15) is 0 Å². The fourth-order valence-corrected chi connectivity index (χ4v) is 3.24. The molecule has 0 aliphatic heterocycles. The van der Waals surface area contributed by atoms with E-state index in [-0.39, 0.29) is 5.91 Å². The molecule has 0 unspecified atom stereocenters. The second kappa shape index (κ2) is 6.39. The van der Waals surface area contributed by atoms with Gasteiger partial charge in [-0.3, -0.25) is 4.79 Å². The highest BCUT2D eigenvalue weighted by atomic mass is 16.5. The molecule has 0 atom stereocenters. The van der Waals surface area contributed by atoms with E-state index in [4.69, 9.17) is 4.52 Å². The molecule has 5 rings (SSSR count). The van der Waals surface area contributed by atoms with Crippen molar-refractivity contribution in [3.05, 3.63) is 84.1 Å². The number of carbonyl (C=O) groups is 1. The molecular weight excluding hydrogens is 340 g/mol. The highest BCUT2D eigenvalue weighted by Crippen LogP contribution is 2.40. The normalized spacial score (nSPS) is 13.8. The second-order valence-electron chi connectivity index (χ2n) is 6.79. The number of pyridine rings is 1. The van der Waals surface area contributed by atoms with Gasteiger partial charge in [-0.15, -0.1) is 0 Å². The van der Waals surface area contributed by atoms with Crippen molar-refractivity contribution in [2.75, 3.05) is 4.90 Å². The number of benzene rings is 1. The van der Waals surface area contributed by atoms with E-state index in [0.29, 0.717) is 18.2 Å². The summed E-state index contributed by atoms with van der Waals surface area (Å²) in [6.07, 6.45) is 5.96. The number of fused-ring (bicyclic) bond motifs is 1. The fraction of sp³-hybridized carbons (Fsp3) is 0.190. The number of nitrogens with zero attached hydrogens (tertiary/aromatic N) is 4. The van der Waals surface area contributed by atoms with Gasteiger partial charge in [0.15, 0.2) is 5.69 Å². The van der Waals surface area contributed by atoms with Crippen molar-refractivity contribution < 1.29 is 9.32 Å². The highest BCUT2D eigenvalue weighted by molar-refractivity contribution is 6.04. The number of anilines is 1. The molecular formula is C21H18N4O2. The summed E-state index contributed by atoms with van der Waals surface area (Å²) < 4.78 is 7.37. The van der Waals surface area contributed by atoms with E-state index in [9.17, 15) is 4.79 Å². The minimum atomic E-state index is -0.178. The molecule has 1 aromatic carbocycles. The summed E-state index contributed by atoms with van der Waals surface area (Å²) in [5.74, 6) is 1.05. The van der Waals surface area contributed by atoms with E-state index in [2.05, 4.69) is 10.1 Å². The van der Waals surface area contributed by atoms with Crippen LogP contribution in [0.1, 0.15) is 40.7 Å². The Labute approximate surface area is 156 Å². The standard InChI is InChI=1S/C21H18N4O2/c26-21(18-12-19(27-23-18)15-9-10-15)25(16-6-2-1-3-7-16)14-17-13-22-20-8-4-5-11-24(17)20/h1-8,11-13,15H,9-10,14H2. The molecule has 6 nitrogen and oxygen atoms in total. The van der Waals surface area contributed by atoms with Gasteiger partial charge < -0.3 is 13.8 Å². The van der Waals surface area contributed by atoms with Gasteiger partial charge in [-0.1, -0.05) is 29.4 Å². The summed E-state index contributed by atoms with van der Waals surface area (Å²) in [6, 6.07) is 17.2. The Balaban J connectivity index is 1.51. The Morgan fingerprint density at radius 2 is 1.96 bits per heavy atom. The Bertz CT molecular complexity index is 1100. The summed E-state index contributed by atoms with van der Waals surface area (Å²) in [5, 5.41) is 4.03. The molecule has 0 bridgehead atoms. The van der Waals surface area contributed by atoms with Crippen LogP contribution in [0.15, 0.2) is 71.5 Å². The molecule has 1 saturated carbocycles. The third-order valence-corrected chi connectivity index (χ3v) is 4.85. The van der Waals surface area contributed by atoms with Crippen molar-refractivity contribution in [2.45, 2.75) is 25.3 Å². The topological polar surface area (TPSA) is 63.6 Å². The molecule has 0 radical (unpaired) electrons. The number of hydrogen-bond acceptors (Lipinski definition) is 4. The Morgan fingerprint density at radius 3 is 2.78 bits per heavy atom. The lowest BCUT2D eigenvalue weighted by molar-refractivity contribution is 0.0976. The zero-order chi connectivity index (χ0) is 18.2. The number of amides is 1. The number of carbonyl (C=O) groups excluding carboxylic acids is 1. The minimum absolute atomic E-state index is 0.178. The van der Waals surface area contributed by atoms with Gasteiger partial charge in [0.1, 0.15) is 11.4 Å². The number of hydrogen-bond donors (Lipinski definition) is 0. The van der Waals surface area contributed by atoms with Crippen LogP contribution in [0.5, 0.6) is 0 Å². The molecule has 0 N–H and O–H groups in total. The largest absolute Gasteiger partial charge is 0.360 e. The molecule has 3 heterocycles. The van der Waals surface area contributed by atoms with E-state index in [1.807, 2.05) is 59.1 Å². The van der Waals surface area contributed by atoms with E-state index < -0.39 is 0 Å². The van der Waals surface area contributed by atoms with Crippen molar-refractivity contribution in [3.8, 4) is 0 Å². The van der Waals surface area contributed by atoms with Crippen LogP contribution in [0.3, 0.4) is 0 Å². The molecule has 27 heavy (non-hydrogen) atoms. The average molecular weight is 358 g/mol. The van der Waals surface area contributed by atoms with Gasteiger partial charge in [-0.25, -0.2) is 4.98 Å². The SMILES string of the molecule is O=C(c1cc(C2CC2)on1)N(Cc1cnc2ccccn12)c1ccccc1. The van der Waals surface area contributed by atoms with Crippen molar-refractivity contribution in [1.29, 1.82) is 0 Å². The van der Waals surface area contributed by atoms with Crippen molar-refractivity contribution in [2.24, 2.45) is 0 Å². The van der Waals surface area contributed by atoms with Crippen LogP contribution in [0.4, 0.5) is 5.69 Å². The third-order valence-electron chi connectivity index (χ3n) is 4.85. The van der Waals surface area contributed by atoms with E-state index in [1.165, 1.54) is 0 Å². The van der Waals surface area contributed by atoms with Crippen LogP contribution in [0.2, 0.25) is 0 Å². The second-order valence-corrected chi connectivity index (χ2v) is 6.79. The van der Waals surface area contributed by atoms with Gasteiger partial charge in [0.05, 0.1) is 18.4 Å². The number of imidazole rings is 1. The lowest BCUT2D eigenvalue weighted by atomic mass is 10.2. The Morgan fingerprint density at radius 1 is 1.15 bits per heavy atom. The zero-order valence-electron chi connectivity index (χ0n) is 14.7. The molecule has 1 aliphatic carbocycles. The zero-order valence-corrected chi connectivity index (χ0v) is 14.7. The molecule has 134 valence electrons. The fourth-order valence-electron chi connectivity index (χ4n) is 3.24. The predicted octanol–water partition coefficient (Wildman–Crippen LogP) is 4.05. The molecule has 4 aromatic rings. The van der Waals surface area contributed by atoms with Crippen LogP contribution >= 0.6 is 0 Å². The molecule has 3 aromatic heterocycles. The van der Waals surface area contributed by atoms with Gasteiger partial charge in [-0.05, 0) is 37.1 Å². The minimum Gasteiger partial charge on any atom is -0.360 e. The lowest BCUT2D eigenvalue weighted by Crippen LogP contribution is -2.31. The summed E-state index contributed by atoms with van der Waals surface area (Å²) in [4.78, 5) is 19.4. The maximum Gasteiger partial charge on any atom is 0.280 e. The molecule has 6 heteroatoms. The smallest absolute Gasteiger partial charge is 0.280 e. The van der Waals surface area contributed by atoms with E-state index in [1.54, 1.807) is 17.2 Å². The lowest BCUT2D eigenvalue weighted by Gasteiger charge is -2.21. The molecule has 1 fully saturated rings. The quantitative estimate of drug-likeness (QED) is 0.540. The van der Waals surface area contributed by atoms with Crippen LogP contribution in [-0.4, -0.2) is 20.4 Å². The molecule has 0 spiro atoms. The van der Waals surface area contributed by atoms with Gasteiger partial charge in [0.25, 0.3) is 5.91 Å². The summed E-state index contributed by atoms with van der Waals surface area (Å²) in [5.41, 5.74) is 2.93. The first-order valence-electron chi connectivity index (χ1n) is 9.04. The Kier molecular flexibility index (Phi) is 3.74. The number of aromatic nitrogens is 3. The Hall–Kier alpha value is -3.41. The summed E-state index contributed by atoms with van der Waals surface area (Å²) in [7, 11) is 0. The molecule has 0 saturated heterocycles. The summed E-state index contributed by atoms with van der Waals surface area (Å²) in [6.45, 7) is 0.389. The van der Waals surface area contributed by atoms with Gasteiger partial charge in [0.2, 0.25) is 0 Å². The van der Waals surface area contributed by atoms with Crippen LogP contribution < -0.4 is 4.90 Å². The van der Waals surface area contributed by atoms with Gasteiger partial charge >= 0.3 is 0 Å². The average Bonchev–Trinajstić information content (AvgIpc) is 3.31. The van der Waals surface area contributed by atoms with Gasteiger partial charge in [0, 0.05) is 23.9 Å².